The second-order valence-corrected chi connectivity index (χ2v) is 4.31. The van der Waals surface area contributed by atoms with Crippen molar-refractivity contribution in [1.82, 2.24) is 5.32 Å². The highest BCUT2D eigenvalue weighted by atomic mass is 16.5. The highest BCUT2D eigenvalue weighted by Crippen LogP contribution is 2.29. The molecule has 0 saturated carbocycles. The standard InChI is InChI=1S/C13H21NO2/c1-13(2,16-5)12(14-3)10-7-6-8-11(9-10)15-4/h6-9,12,14H,1-5H3. The van der Waals surface area contributed by atoms with Crippen LogP contribution in [0, 0.1) is 0 Å². The van der Waals surface area contributed by atoms with Crippen molar-refractivity contribution < 1.29 is 9.47 Å². The molecule has 0 bridgehead atoms. The summed E-state index contributed by atoms with van der Waals surface area (Å²) >= 11 is 0. The average Bonchev–Trinajstić information content (AvgIpc) is 2.30. The van der Waals surface area contributed by atoms with Crippen molar-refractivity contribution in [3.63, 3.8) is 0 Å². The van der Waals surface area contributed by atoms with E-state index >= 15 is 0 Å². The summed E-state index contributed by atoms with van der Waals surface area (Å²) in [5, 5.41) is 3.28. The summed E-state index contributed by atoms with van der Waals surface area (Å²) in [6, 6.07) is 8.17. The van der Waals surface area contributed by atoms with Gasteiger partial charge in [0.15, 0.2) is 0 Å². The number of ether oxygens (including phenoxy) is 2. The first kappa shape index (κ1) is 13.0. The zero-order valence-electron chi connectivity index (χ0n) is 10.7. The van der Waals surface area contributed by atoms with Crippen LogP contribution in [0.5, 0.6) is 5.75 Å². The van der Waals surface area contributed by atoms with E-state index in [1.807, 2.05) is 25.2 Å². The van der Waals surface area contributed by atoms with E-state index in [-0.39, 0.29) is 11.6 Å². The van der Waals surface area contributed by atoms with E-state index in [9.17, 15) is 0 Å². The van der Waals surface area contributed by atoms with E-state index in [4.69, 9.17) is 9.47 Å². The predicted octanol–water partition coefficient (Wildman–Crippen LogP) is 2.38. The van der Waals surface area contributed by atoms with Crippen LogP contribution >= 0.6 is 0 Å². The Bertz CT molecular complexity index is 336. The van der Waals surface area contributed by atoms with Gasteiger partial charge in [-0.2, -0.15) is 0 Å². The van der Waals surface area contributed by atoms with Crippen LogP contribution in [0.4, 0.5) is 0 Å². The average molecular weight is 223 g/mol. The van der Waals surface area contributed by atoms with Crippen LogP contribution in [0.1, 0.15) is 25.5 Å². The molecule has 1 unspecified atom stereocenters. The van der Waals surface area contributed by atoms with Gasteiger partial charge >= 0.3 is 0 Å². The van der Waals surface area contributed by atoms with Crippen molar-refractivity contribution in [1.29, 1.82) is 0 Å². The van der Waals surface area contributed by atoms with Crippen molar-refractivity contribution in [3.05, 3.63) is 29.8 Å². The molecule has 0 amide bonds. The topological polar surface area (TPSA) is 30.5 Å². The molecular formula is C13H21NO2. The monoisotopic (exact) mass is 223 g/mol. The minimum Gasteiger partial charge on any atom is -0.497 e. The largest absolute Gasteiger partial charge is 0.497 e. The van der Waals surface area contributed by atoms with Crippen LogP contribution in [0.15, 0.2) is 24.3 Å². The van der Waals surface area contributed by atoms with Gasteiger partial charge in [-0.05, 0) is 38.6 Å². The lowest BCUT2D eigenvalue weighted by Crippen LogP contribution is -2.39. The Morgan fingerprint density at radius 1 is 1.25 bits per heavy atom. The lowest BCUT2D eigenvalue weighted by molar-refractivity contribution is -0.00902. The molecule has 1 rings (SSSR count). The summed E-state index contributed by atoms with van der Waals surface area (Å²) in [6.45, 7) is 4.13. The Kier molecular flexibility index (Phi) is 4.33. The van der Waals surface area contributed by atoms with E-state index in [0.29, 0.717) is 0 Å². The first-order chi connectivity index (χ1) is 7.55. The van der Waals surface area contributed by atoms with Gasteiger partial charge in [-0.25, -0.2) is 0 Å². The Balaban J connectivity index is 3.03. The van der Waals surface area contributed by atoms with Gasteiger partial charge in [-0.1, -0.05) is 12.1 Å². The molecule has 1 N–H and O–H groups in total. The Hall–Kier alpha value is -1.06. The molecule has 1 aromatic carbocycles. The number of hydrogen-bond acceptors (Lipinski definition) is 3. The molecule has 0 fully saturated rings. The molecule has 3 heteroatoms. The fraction of sp³-hybridized carbons (Fsp3) is 0.538. The smallest absolute Gasteiger partial charge is 0.119 e. The lowest BCUT2D eigenvalue weighted by atomic mass is 9.91. The molecule has 0 saturated heterocycles. The molecule has 0 spiro atoms. The molecule has 0 aromatic heterocycles. The normalized spacial score (nSPS) is 13.6. The highest BCUT2D eigenvalue weighted by Gasteiger charge is 2.29. The second-order valence-electron chi connectivity index (χ2n) is 4.31. The third-order valence-electron chi connectivity index (χ3n) is 2.94. The van der Waals surface area contributed by atoms with E-state index in [1.165, 1.54) is 0 Å². The summed E-state index contributed by atoms with van der Waals surface area (Å²) in [5.41, 5.74) is 0.898. The van der Waals surface area contributed by atoms with Gasteiger partial charge in [0.05, 0.1) is 18.8 Å². The quantitative estimate of drug-likeness (QED) is 0.831. The van der Waals surface area contributed by atoms with Gasteiger partial charge in [0.1, 0.15) is 5.75 Å². The first-order valence-electron chi connectivity index (χ1n) is 5.41. The maximum atomic E-state index is 5.52. The van der Waals surface area contributed by atoms with Crippen molar-refractivity contribution in [2.75, 3.05) is 21.3 Å². The van der Waals surface area contributed by atoms with Gasteiger partial charge in [-0.3, -0.25) is 0 Å². The predicted molar refractivity (Wildman–Crippen MR) is 65.9 cm³/mol. The van der Waals surface area contributed by atoms with E-state index in [1.54, 1.807) is 14.2 Å². The number of benzene rings is 1. The number of rotatable bonds is 5. The number of nitrogens with one attached hydrogen (secondary N) is 1. The van der Waals surface area contributed by atoms with Crippen LogP contribution in [-0.4, -0.2) is 26.9 Å². The molecule has 0 heterocycles. The third-order valence-corrected chi connectivity index (χ3v) is 2.94. The Labute approximate surface area is 97.8 Å². The van der Waals surface area contributed by atoms with Gasteiger partial charge < -0.3 is 14.8 Å². The van der Waals surface area contributed by atoms with Crippen molar-refractivity contribution in [2.45, 2.75) is 25.5 Å². The molecule has 90 valence electrons. The van der Waals surface area contributed by atoms with Crippen LogP contribution in [-0.2, 0) is 4.74 Å². The summed E-state index contributed by atoms with van der Waals surface area (Å²) in [6.07, 6.45) is 0. The molecule has 1 atom stereocenters. The van der Waals surface area contributed by atoms with Crippen molar-refractivity contribution >= 4 is 0 Å². The first-order valence-corrected chi connectivity index (χ1v) is 5.41. The van der Waals surface area contributed by atoms with Gasteiger partial charge in [-0.15, -0.1) is 0 Å². The van der Waals surface area contributed by atoms with Crippen molar-refractivity contribution in [2.24, 2.45) is 0 Å². The van der Waals surface area contributed by atoms with Crippen molar-refractivity contribution in [3.8, 4) is 5.75 Å². The second kappa shape index (κ2) is 5.32. The molecule has 0 aliphatic rings. The zero-order chi connectivity index (χ0) is 12.2. The maximum absolute atomic E-state index is 5.52. The lowest BCUT2D eigenvalue weighted by Gasteiger charge is -2.33. The van der Waals surface area contributed by atoms with Gasteiger partial charge in [0.2, 0.25) is 0 Å². The zero-order valence-corrected chi connectivity index (χ0v) is 10.7. The van der Waals surface area contributed by atoms with Gasteiger partial charge in [0.25, 0.3) is 0 Å². The fourth-order valence-electron chi connectivity index (χ4n) is 1.85. The van der Waals surface area contributed by atoms with E-state index in [0.717, 1.165) is 11.3 Å². The van der Waals surface area contributed by atoms with E-state index < -0.39 is 0 Å². The number of likely N-dealkylation sites (N-methyl/N-ethyl adjacent to an activating group) is 1. The van der Waals surface area contributed by atoms with Crippen LogP contribution < -0.4 is 10.1 Å². The summed E-state index contributed by atoms with van der Waals surface area (Å²) in [4.78, 5) is 0. The minimum absolute atomic E-state index is 0.132. The molecule has 0 aliphatic carbocycles. The Morgan fingerprint density at radius 2 is 1.94 bits per heavy atom. The summed E-state index contributed by atoms with van der Waals surface area (Å²) in [7, 11) is 5.34. The molecular weight excluding hydrogens is 202 g/mol. The third kappa shape index (κ3) is 2.74. The number of hydrogen-bond donors (Lipinski definition) is 1. The minimum atomic E-state index is -0.263. The van der Waals surface area contributed by atoms with Crippen LogP contribution in [0.25, 0.3) is 0 Å². The summed E-state index contributed by atoms with van der Waals surface area (Å²) < 4.78 is 10.7. The molecule has 3 nitrogen and oxygen atoms in total. The Morgan fingerprint density at radius 3 is 2.44 bits per heavy atom. The summed E-state index contributed by atoms with van der Waals surface area (Å²) in [5.74, 6) is 0.865. The van der Waals surface area contributed by atoms with Crippen LogP contribution in [0.2, 0.25) is 0 Å². The maximum Gasteiger partial charge on any atom is 0.119 e. The molecule has 0 radical (unpaired) electrons. The SMILES string of the molecule is CNC(c1cccc(OC)c1)C(C)(C)OC. The molecule has 0 aliphatic heterocycles. The number of methoxy groups -OCH3 is 2. The molecule has 1 aromatic rings. The highest BCUT2D eigenvalue weighted by molar-refractivity contribution is 5.31. The fourth-order valence-corrected chi connectivity index (χ4v) is 1.85. The van der Waals surface area contributed by atoms with Gasteiger partial charge in [0, 0.05) is 7.11 Å². The van der Waals surface area contributed by atoms with E-state index in [2.05, 4.69) is 25.2 Å². The molecule has 16 heavy (non-hydrogen) atoms. The van der Waals surface area contributed by atoms with Crippen LogP contribution in [0.3, 0.4) is 0 Å².